The first-order chi connectivity index (χ1) is 9.25. The van der Waals surface area contributed by atoms with E-state index in [1.807, 2.05) is 18.2 Å². The second-order valence-corrected chi connectivity index (χ2v) is 3.75. The Hall–Kier alpha value is -2.96. The van der Waals surface area contributed by atoms with Crippen LogP contribution in [0.4, 0.5) is 0 Å². The monoisotopic (exact) mass is 256 g/mol. The minimum atomic E-state index is -1.16. The van der Waals surface area contributed by atoms with Crippen LogP contribution in [0.1, 0.15) is 10.6 Å². The third-order valence-corrected chi connectivity index (χ3v) is 2.57. The van der Waals surface area contributed by atoms with E-state index in [9.17, 15) is 4.79 Å². The Morgan fingerprint density at radius 1 is 1.32 bits per heavy atom. The summed E-state index contributed by atoms with van der Waals surface area (Å²) in [5.41, 5.74) is 1.89. The van der Waals surface area contributed by atoms with Crippen LogP contribution in [-0.4, -0.2) is 31.2 Å². The molecular weight excluding hydrogens is 248 g/mol. The molecular formula is C12H8N4O3. The summed E-state index contributed by atoms with van der Waals surface area (Å²) in [6, 6.07) is 8.68. The van der Waals surface area contributed by atoms with E-state index < -0.39 is 5.97 Å². The van der Waals surface area contributed by atoms with E-state index in [0.717, 1.165) is 5.69 Å². The molecule has 19 heavy (non-hydrogen) atoms. The van der Waals surface area contributed by atoms with Crippen LogP contribution in [0.3, 0.4) is 0 Å². The van der Waals surface area contributed by atoms with Crippen LogP contribution in [0.5, 0.6) is 0 Å². The maximum absolute atomic E-state index is 10.8. The van der Waals surface area contributed by atoms with Gasteiger partial charge in [0, 0.05) is 11.6 Å². The molecule has 0 aliphatic carbocycles. The molecule has 0 aliphatic rings. The SMILES string of the molecule is O=C(O)c1cc(-c2ccccc2-n2ccnn2)no1. The number of carboxylic acids is 1. The van der Waals surface area contributed by atoms with Crippen molar-refractivity contribution in [3.05, 3.63) is 48.5 Å². The largest absolute Gasteiger partial charge is 0.475 e. The molecule has 0 saturated heterocycles. The van der Waals surface area contributed by atoms with Crippen molar-refractivity contribution < 1.29 is 14.4 Å². The number of para-hydroxylation sites is 1. The minimum Gasteiger partial charge on any atom is -0.475 e. The van der Waals surface area contributed by atoms with Crippen molar-refractivity contribution in [1.82, 2.24) is 20.2 Å². The fraction of sp³-hybridized carbons (Fsp3) is 0. The fourth-order valence-electron chi connectivity index (χ4n) is 1.73. The number of nitrogens with zero attached hydrogens (tertiary/aromatic N) is 4. The third-order valence-electron chi connectivity index (χ3n) is 2.57. The first kappa shape index (κ1) is 11.1. The topological polar surface area (TPSA) is 94.0 Å². The molecule has 3 aromatic rings. The fourth-order valence-corrected chi connectivity index (χ4v) is 1.73. The van der Waals surface area contributed by atoms with Crippen molar-refractivity contribution in [3.63, 3.8) is 0 Å². The Morgan fingerprint density at radius 3 is 2.84 bits per heavy atom. The van der Waals surface area contributed by atoms with Crippen molar-refractivity contribution in [2.75, 3.05) is 0 Å². The molecule has 0 bridgehead atoms. The Morgan fingerprint density at radius 2 is 2.16 bits per heavy atom. The lowest BCUT2D eigenvalue weighted by atomic mass is 10.1. The lowest BCUT2D eigenvalue weighted by Crippen LogP contribution is -1.98. The van der Waals surface area contributed by atoms with Crippen molar-refractivity contribution >= 4 is 5.97 Å². The van der Waals surface area contributed by atoms with E-state index in [2.05, 4.69) is 15.5 Å². The van der Waals surface area contributed by atoms with Gasteiger partial charge in [0.1, 0.15) is 5.69 Å². The molecule has 94 valence electrons. The first-order valence-electron chi connectivity index (χ1n) is 5.42. The summed E-state index contributed by atoms with van der Waals surface area (Å²) in [7, 11) is 0. The van der Waals surface area contributed by atoms with E-state index in [1.54, 1.807) is 23.1 Å². The molecule has 7 nitrogen and oxygen atoms in total. The lowest BCUT2D eigenvalue weighted by Gasteiger charge is -2.05. The minimum absolute atomic E-state index is 0.205. The number of hydrogen-bond donors (Lipinski definition) is 1. The van der Waals surface area contributed by atoms with E-state index in [1.165, 1.54) is 6.07 Å². The Kier molecular flexibility index (Phi) is 2.57. The highest BCUT2D eigenvalue weighted by Crippen LogP contribution is 2.25. The summed E-state index contributed by atoms with van der Waals surface area (Å²) in [6.07, 6.45) is 3.25. The van der Waals surface area contributed by atoms with Gasteiger partial charge in [0.05, 0.1) is 18.1 Å². The van der Waals surface area contributed by atoms with Crippen LogP contribution >= 0.6 is 0 Å². The highest BCUT2D eigenvalue weighted by molar-refractivity contribution is 5.86. The van der Waals surface area contributed by atoms with Gasteiger partial charge < -0.3 is 9.63 Å². The predicted molar refractivity (Wildman–Crippen MR) is 63.8 cm³/mol. The molecule has 0 spiro atoms. The first-order valence-corrected chi connectivity index (χ1v) is 5.42. The van der Waals surface area contributed by atoms with Crippen LogP contribution in [-0.2, 0) is 0 Å². The molecule has 2 aromatic heterocycles. The smallest absolute Gasteiger partial charge is 0.374 e. The van der Waals surface area contributed by atoms with E-state index >= 15 is 0 Å². The van der Waals surface area contributed by atoms with Gasteiger partial charge in [0.15, 0.2) is 0 Å². The average Bonchev–Trinajstić information content (AvgIpc) is 3.10. The number of rotatable bonds is 3. The quantitative estimate of drug-likeness (QED) is 0.765. The molecule has 0 radical (unpaired) electrons. The van der Waals surface area contributed by atoms with Crippen LogP contribution in [0.2, 0.25) is 0 Å². The van der Waals surface area contributed by atoms with Gasteiger partial charge >= 0.3 is 5.97 Å². The van der Waals surface area contributed by atoms with Gasteiger partial charge in [0.2, 0.25) is 5.76 Å². The summed E-state index contributed by atoms with van der Waals surface area (Å²) in [5.74, 6) is -1.36. The molecule has 1 aromatic carbocycles. The molecule has 0 unspecified atom stereocenters. The number of carboxylic acid groups (broad SMARTS) is 1. The molecule has 0 saturated carbocycles. The van der Waals surface area contributed by atoms with Crippen LogP contribution in [0.15, 0.2) is 47.2 Å². The van der Waals surface area contributed by atoms with Gasteiger partial charge in [-0.25, -0.2) is 9.48 Å². The molecule has 1 N–H and O–H groups in total. The molecule has 0 aliphatic heterocycles. The lowest BCUT2D eigenvalue weighted by molar-refractivity contribution is 0.0652. The zero-order chi connectivity index (χ0) is 13.2. The summed E-state index contributed by atoms with van der Waals surface area (Å²) < 4.78 is 6.33. The van der Waals surface area contributed by atoms with E-state index in [-0.39, 0.29) is 5.76 Å². The Bertz CT molecular complexity index is 718. The van der Waals surface area contributed by atoms with Gasteiger partial charge in [-0.15, -0.1) is 5.10 Å². The second-order valence-electron chi connectivity index (χ2n) is 3.75. The molecule has 3 rings (SSSR count). The normalized spacial score (nSPS) is 10.5. The van der Waals surface area contributed by atoms with Crippen LogP contribution < -0.4 is 0 Å². The maximum Gasteiger partial charge on any atom is 0.374 e. The molecule has 0 amide bonds. The molecule has 2 heterocycles. The van der Waals surface area contributed by atoms with Gasteiger partial charge in [-0.05, 0) is 6.07 Å². The number of aromatic carboxylic acids is 1. The van der Waals surface area contributed by atoms with Gasteiger partial charge in [-0.1, -0.05) is 28.6 Å². The molecule has 7 heteroatoms. The zero-order valence-corrected chi connectivity index (χ0v) is 9.59. The number of benzene rings is 1. The Labute approximate surface area is 107 Å². The standard InChI is InChI=1S/C12H8N4O3/c17-12(18)11-7-9(14-19-11)8-3-1-2-4-10(8)16-6-5-13-15-16/h1-7H,(H,17,18). The van der Waals surface area contributed by atoms with Gasteiger partial charge in [-0.3, -0.25) is 0 Å². The van der Waals surface area contributed by atoms with Crippen molar-refractivity contribution in [3.8, 4) is 16.9 Å². The summed E-state index contributed by atoms with van der Waals surface area (Å²) >= 11 is 0. The average molecular weight is 256 g/mol. The number of aromatic nitrogens is 4. The van der Waals surface area contributed by atoms with E-state index in [4.69, 9.17) is 9.63 Å². The number of carbonyl (C=O) groups is 1. The number of hydrogen-bond acceptors (Lipinski definition) is 5. The third kappa shape index (κ3) is 1.97. The van der Waals surface area contributed by atoms with Gasteiger partial charge in [-0.2, -0.15) is 0 Å². The second kappa shape index (κ2) is 4.37. The highest BCUT2D eigenvalue weighted by atomic mass is 16.5. The Balaban J connectivity index is 2.12. The van der Waals surface area contributed by atoms with E-state index in [0.29, 0.717) is 11.3 Å². The van der Waals surface area contributed by atoms with Crippen molar-refractivity contribution in [2.45, 2.75) is 0 Å². The summed E-state index contributed by atoms with van der Waals surface area (Å²) in [6.45, 7) is 0. The molecule has 0 fully saturated rings. The zero-order valence-electron chi connectivity index (χ0n) is 9.59. The van der Waals surface area contributed by atoms with Crippen LogP contribution in [0.25, 0.3) is 16.9 Å². The van der Waals surface area contributed by atoms with Gasteiger partial charge in [0.25, 0.3) is 0 Å². The predicted octanol–water partition coefficient (Wildman–Crippen LogP) is 1.62. The molecule has 0 atom stereocenters. The highest BCUT2D eigenvalue weighted by Gasteiger charge is 2.15. The van der Waals surface area contributed by atoms with Crippen molar-refractivity contribution in [1.29, 1.82) is 0 Å². The maximum atomic E-state index is 10.8. The summed E-state index contributed by atoms with van der Waals surface area (Å²) in [4.78, 5) is 10.8. The van der Waals surface area contributed by atoms with Crippen LogP contribution in [0, 0.1) is 0 Å². The summed E-state index contributed by atoms with van der Waals surface area (Å²) in [5, 5.41) is 20.2. The van der Waals surface area contributed by atoms with Crippen molar-refractivity contribution in [2.24, 2.45) is 0 Å².